The van der Waals surface area contributed by atoms with Crippen molar-refractivity contribution >= 4 is 33.9 Å². The normalized spacial score (nSPS) is 11.9. The molecule has 0 radical (unpaired) electrons. The molecule has 6 nitrogen and oxygen atoms in total. The molecule has 148 valence electrons. The number of hydrogen-bond acceptors (Lipinski definition) is 4. The standard InChI is InChI=1S/C21H22BrNO5/c1-13-4-6-15(7-5-13)12-28-20-17(22)10-16(11-18(20)27-3)8-9-19(24)23-14(2)21(25)26/h4-11,14H,12H2,1-3H3,(H,23,24)(H,25,26)/b9-8+/t14-/m0/s1. The number of carboxylic acid groups (broad SMARTS) is 1. The highest BCUT2D eigenvalue weighted by atomic mass is 79.9. The van der Waals surface area contributed by atoms with E-state index in [-0.39, 0.29) is 0 Å². The van der Waals surface area contributed by atoms with Gasteiger partial charge in [0.2, 0.25) is 5.91 Å². The maximum absolute atomic E-state index is 11.8. The molecular weight excluding hydrogens is 426 g/mol. The Balaban J connectivity index is 2.11. The van der Waals surface area contributed by atoms with E-state index in [1.165, 1.54) is 25.7 Å². The van der Waals surface area contributed by atoms with E-state index in [1.54, 1.807) is 18.2 Å². The molecule has 0 unspecified atom stereocenters. The van der Waals surface area contributed by atoms with Gasteiger partial charge in [0.05, 0.1) is 11.6 Å². The van der Waals surface area contributed by atoms with Crippen LogP contribution in [-0.4, -0.2) is 30.1 Å². The van der Waals surface area contributed by atoms with Gasteiger partial charge in [-0.3, -0.25) is 9.59 Å². The van der Waals surface area contributed by atoms with Crippen molar-refractivity contribution in [2.75, 3.05) is 7.11 Å². The summed E-state index contributed by atoms with van der Waals surface area (Å²) in [6, 6.07) is 10.6. The van der Waals surface area contributed by atoms with Crippen LogP contribution < -0.4 is 14.8 Å². The summed E-state index contributed by atoms with van der Waals surface area (Å²) < 4.78 is 12.0. The minimum atomic E-state index is -1.10. The van der Waals surface area contributed by atoms with Crippen LogP contribution in [0.15, 0.2) is 46.9 Å². The fourth-order valence-corrected chi connectivity index (χ4v) is 2.89. The summed E-state index contributed by atoms with van der Waals surface area (Å²) in [4.78, 5) is 22.6. The van der Waals surface area contributed by atoms with Gasteiger partial charge >= 0.3 is 5.97 Å². The summed E-state index contributed by atoms with van der Waals surface area (Å²) in [7, 11) is 1.54. The van der Waals surface area contributed by atoms with Gasteiger partial charge in [-0.2, -0.15) is 0 Å². The molecule has 0 fully saturated rings. The van der Waals surface area contributed by atoms with Crippen LogP contribution in [-0.2, 0) is 16.2 Å². The minimum absolute atomic E-state index is 0.389. The second kappa shape index (κ2) is 9.94. The molecule has 0 spiro atoms. The third-order valence-corrected chi connectivity index (χ3v) is 4.50. The topological polar surface area (TPSA) is 84.9 Å². The van der Waals surface area contributed by atoms with Crippen LogP contribution >= 0.6 is 15.9 Å². The van der Waals surface area contributed by atoms with E-state index >= 15 is 0 Å². The molecule has 2 rings (SSSR count). The highest BCUT2D eigenvalue weighted by Gasteiger charge is 2.13. The van der Waals surface area contributed by atoms with Crippen LogP contribution in [0, 0.1) is 6.92 Å². The van der Waals surface area contributed by atoms with E-state index in [0.29, 0.717) is 28.1 Å². The number of amides is 1. The molecule has 0 saturated heterocycles. The second-order valence-electron chi connectivity index (χ2n) is 6.21. The summed E-state index contributed by atoms with van der Waals surface area (Å²) in [6.07, 6.45) is 2.84. The zero-order valence-electron chi connectivity index (χ0n) is 15.9. The number of rotatable bonds is 8. The van der Waals surface area contributed by atoms with Crippen molar-refractivity contribution in [3.05, 3.63) is 63.6 Å². The Morgan fingerprint density at radius 2 is 1.93 bits per heavy atom. The summed E-state index contributed by atoms with van der Waals surface area (Å²) >= 11 is 3.47. The predicted molar refractivity (Wildman–Crippen MR) is 110 cm³/mol. The number of aliphatic carboxylic acids is 1. The number of nitrogens with one attached hydrogen (secondary N) is 1. The van der Waals surface area contributed by atoms with E-state index in [1.807, 2.05) is 31.2 Å². The van der Waals surface area contributed by atoms with E-state index in [4.69, 9.17) is 14.6 Å². The first-order valence-electron chi connectivity index (χ1n) is 8.57. The van der Waals surface area contributed by atoms with Crippen molar-refractivity contribution in [1.29, 1.82) is 0 Å². The fraction of sp³-hybridized carbons (Fsp3) is 0.238. The first kappa shape index (κ1) is 21.5. The van der Waals surface area contributed by atoms with Crippen LogP contribution in [0.2, 0.25) is 0 Å². The minimum Gasteiger partial charge on any atom is -0.493 e. The molecule has 0 aliphatic rings. The number of halogens is 1. The van der Waals surface area contributed by atoms with Gasteiger partial charge in [-0.05, 0) is 59.1 Å². The number of methoxy groups -OCH3 is 1. The Morgan fingerprint density at radius 3 is 2.54 bits per heavy atom. The van der Waals surface area contributed by atoms with Gasteiger partial charge in [0.25, 0.3) is 0 Å². The third-order valence-electron chi connectivity index (χ3n) is 3.91. The highest BCUT2D eigenvalue weighted by molar-refractivity contribution is 9.10. The SMILES string of the molecule is COc1cc(/C=C/C(=O)N[C@@H](C)C(=O)O)cc(Br)c1OCc1ccc(C)cc1. The van der Waals surface area contributed by atoms with Crippen LogP contribution in [0.1, 0.15) is 23.6 Å². The average Bonchev–Trinajstić information content (AvgIpc) is 2.66. The first-order chi connectivity index (χ1) is 13.3. The van der Waals surface area contributed by atoms with Gasteiger partial charge in [-0.1, -0.05) is 29.8 Å². The molecule has 0 aliphatic carbocycles. The van der Waals surface area contributed by atoms with Crippen molar-refractivity contribution in [3.8, 4) is 11.5 Å². The lowest BCUT2D eigenvalue weighted by Gasteiger charge is -2.14. The number of aryl methyl sites for hydroxylation is 1. The van der Waals surface area contributed by atoms with E-state index in [9.17, 15) is 9.59 Å². The summed E-state index contributed by atoms with van der Waals surface area (Å²) in [5.41, 5.74) is 2.91. The van der Waals surface area contributed by atoms with Crippen LogP contribution in [0.25, 0.3) is 6.08 Å². The number of benzene rings is 2. The van der Waals surface area contributed by atoms with Crippen molar-refractivity contribution in [1.82, 2.24) is 5.32 Å². The second-order valence-corrected chi connectivity index (χ2v) is 7.06. The molecule has 0 bridgehead atoms. The van der Waals surface area contributed by atoms with Gasteiger partial charge in [0, 0.05) is 6.08 Å². The molecule has 2 N–H and O–H groups in total. The van der Waals surface area contributed by atoms with Crippen molar-refractivity contribution in [3.63, 3.8) is 0 Å². The summed E-state index contributed by atoms with van der Waals surface area (Å²) in [5.74, 6) is -0.518. The molecule has 1 atom stereocenters. The third kappa shape index (κ3) is 6.13. The van der Waals surface area contributed by atoms with Crippen LogP contribution in [0.3, 0.4) is 0 Å². The lowest BCUT2D eigenvalue weighted by Crippen LogP contribution is -2.37. The Morgan fingerprint density at radius 1 is 1.25 bits per heavy atom. The Labute approximate surface area is 172 Å². The smallest absolute Gasteiger partial charge is 0.325 e. The lowest BCUT2D eigenvalue weighted by atomic mass is 10.1. The van der Waals surface area contributed by atoms with Crippen molar-refractivity contribution < 1.29 is 24.2 Å². The molecular formula is C21H22BrNO5. The lowest BCUT2D eigenvalue weighted by molar-refractivity contribution is -0.140. The number of carboxylic acids is 1. The highest BCUT2D eigenvalue weighted by Crippen LogP contribution is 2.37. The van der Waals surface area contributed by atoms with Gasteiger partial charge in [0.1, 0.15) is 12.6 Å². The number of ether oxygens (including phenoxy) is 2. The molecule has 1 amide bonds. The summed E-state index contributed by atoms with van der Waals surface area (Å²) in [5, 5.41) is 11.2. The number of hydrogen-bond donors (Lipinski definition) is 2. The Hall–Kier alpha value is -2.80. The average molecular weight is 448 g/mol. The largest absolute Gasteiger partial charge is 0.493 e. The van der Waals surface area contributed by atoms with Crippen molar-refractivity contribution in [2.45, 2.75) is 26.5 Å². The van der Waals surface area contributed by atoms with Gasteiger partial charge in [-0.15, -0.1) is 0 Å². The van der Waals surface area contributed by atoms with E-state index in [2.05, 4.69) is 21.2 Å². The monoisotopic (exact) mass is 447 g/mol. The molecule has 28 heavy (non-hydrogen) atoms. The molecule has 0 heterocycles. The maximum Gasteiger partial charge on any atom is 0.325 e. The van der Waals surface area contributed by atoms with Crippen LogP contribution in [0.4, 0.5) is 0 Å². The molecule has 2 aromatic carbocycles. The maximum atomic E-state index is 11.8. The van der Waals surface area contributed by atoms with Gasteiger partial charge in [0.15, 0.2) is 11.5 Å². The number of carbonyl (C=O) groups excluding carboxylic acids is 1. The number of carbonyl (C=O) groups is 2. The van der Waals surface area contributed by atoms with E-state index < -0.39 is 17.9 Å². The van der Waals surface area contributed by atoms with Gasteiger partial charge in [-0.25, -0.2) is 0 Å². The summed E-state index contributed by atoms with van der Waals surface area (Å²) in [6.45, 7) is 3.81. The van der Waals surface area contributed by atoms with Crippen LogP contribution in [0.5, 0.6) is 11.5 Å². The van der Waals surface area contributed by atoms with Crippen molar-refractivity contribution in [2.24, 2.45) is 0 Å². The fourth-order valence-electron chi connectivity index (χ4n) is 2.31. The van der Waals surface area contributed by atoms with E-state index in [0.717, 1.165) is 5.56 Å². The molecule has 2 aromatic rings. The molecule has 7 heteroatoms. The Kier molecular flexibility index (Phi) is 7.63. The Bertz CT molecular complexity index is 877. The van der Waals surface area contributed by atoms with Gasteiger partial charge < -0.3 is 19.9 Å². The zero-order chi connectivity index (χ0) is 20.7. The molecule has 0 aliphatic heterocycles. The first-order valence-corrected chi connectivity index (χ1v) is 9.36. The molecule has 0 aromatic heterocycles. The predicted octanol–water partition coefficient (Wildman–Crippen LogP) is 3.95. The zero-order valence-corrected chi connectivity index (χ0v) is 17.4. The quantitative estimate of drug-likeness (QED) is 0.598. The molecule has 0 saturated carbocycles.